The molecule has 0 saturated heterocycles. The van der Waals surface area contributed by atoms with Gasteiger partial charge >= 0.3 is 5.97 Å². The van der Waals surface area contributed by atoms with E-state index in [2.05, 4.69) is 11.2 Å². The molecule has 1 aromatic rings. The van der Waals surface area contributed by atoms with Crippen LogP contribution < -0.4 is 5.32 Å². The second-order valence-corrected chi connectivity index (χ2v) is 4.12. The van der Waals surface area contributed by atoms with Gasteiger partial charge in [-0.15, -0.1) is 6.42 Å². The van der Waals surface area contributed by atoms with Crippen LogP contribution in [0.1, 0.15) is 12.5 Å². The SMILES string of the molecule is C#CCNC(C)(C(=O)OC)c1cccc(Cl)c1. The molecule has 0 bridgehead atoms. The Hall–Kier alpha value is -1.50. The van der Waals surface area contributed by atoms with Crippen LogP contribution in [0.3, 0.4) is 0 Å². The lowest BCUT2D eigenvalue weighted by atomic mass is 9.92. The van der Waals surface area contributed by atoms with Gasteiger partial charge in [0, 0.05) is 5.02 Å². The van der Waals surface area contributed by atoms with Gasteiger partial charge in [0.15, 0.2) is 0 Å². The largest absolute Gasteiger partial charge is 0.467 e. The number of esters is 1. The first-order valence-corrected chi connectivity index (χ1v) is 5.45. The number of rotatable bonds is 4. The summed E-state index contributed by atoms with van der Waals surface area (Å²) in [5.74, 6) is 2.03. The van der Waals surface area contributed by atoms with E-state index in [1.54, 1.807) is 31.2 Å². The van der Waals surface area contributed by atoms with Crippen molar-refractivity contribution in [2.24, 2.45) is 0 Å². The molecule has 0 aromatic heterocycles. The number of nitrogens with one attached hydrogen (secondary N) is 1. The minimum absolute atomic E-state index is 0.262. The van der Waals surface area contributed by atoms with Crippen molar-refractivity contribution >= 4 is 17.6 Å². The highest BCUT2D eigenvalue weighted by Gasteiger charge is 2.35. The van der Waals surface area contributed by atoms with Gasteiger partial charge in [-0.05, 0) is 24.6 Å². The number of hydrogen-bond acceptors (Lipinski definition) is 3. The highest BCUT2D eigenvalue weighted by Crippen LogP contribution is 2.24. The van der Waals surface area contributed by atoms with Gasteiger partial charge in [0.05, 0.1) is 13.7 Å². The topological polar surface area (TPSA) is 38.3 Å². The second-order valence-electron chi connectivity index (χ2n) is 3.68. The van der Waals surface area contributed by atoms with Crippen molar-refractivity contribution in [1.29, 1.82) is 0 Å². The molecular formula is C13H14ClNO2. The summed E-state index contributed by atoms with van der Waals surface area (Å²) in [4.78, 5) is 11.9. The maximum atomic E-state index is 11.9. The Balaban J connectivity index is 3.14. The number of hydrogen-bond donors (Lipinski definition) is 1. The summed E-state index contributed by atoms with van der Waals surface area (Å²) in [5, 5.41) is 3.53. The number of halogens is 1. The first kappa shape index (κ1) is 13.6. The van der Waals surface area contributed by atoms with Gasteiger partial charge in [0.1, 0.15) is 5.54 Å². The lowest BCUT2D eigenvalue weighted by molar-refractivity contribution is -0.148. The van der Waals surface area contributed by atoms with E-state index in [0.29, 0.717) is 10.6 Å². The standard InChI is InChI=1S/C13H14ClNO2/c1-4-8-15-13(2,12(16)17-3)10-6-5-7-11(14)9-10/h1,5-7,9,15H,8H2,2-3H3. The molecule has 90 valence electrons. The predicted octanol–water partition coefficient (Wildman–Crippen LogP) is 1.95. The minimum Gasteiger partial charge on any atom is -0.467 e. The second kappa shape index (κ2) is 5.72. The van der Waals surface area contributed by atoms with E-state index >= 15 is 0 Å². The van der Waals surface area contributed by atoms with Crippen molar-refractivity contribution in [2.45, 2.75) is 12.5 Å². The molecule has 0 aliphatic carbocycles. The molecule has 3 nitrogen and oxygen atoms in total. The van der Waals surface area contributed by atoms with Crippen molar-refractivity contribution in [3.63, 3.8) is 0 Å². The van der Waals surface area contributed by atoms with Crippen LogP contribution in [0.2, 0.25) is 5.02 Å². The van der Waals surface area contributed by atoms with Gasteiger partial charge in [-0.1, -0.05) is 29.7 Å². The fourth-order valence-corrected chi connectivity index (χ4v) is 1.71. The Morgan fingerprint density at radius 2 is 2.35 bits per heavy atom. The molecule has 1 N–H and O–H groups in total. The number of methoxy groups -OCH3 is 1. The minimum atomic E-state index is -0.994. The molecular weight excluding hydrogens is 238 g/mol. The highest BCUT2D eigenvalue weighted by atomic mass is 35.5. The van der Waals surface area contributed by atoms with E-state index in [0.717, 1.165) is 0 Å². The smallest absolute Gasteiger partial charge is 0.330 e. The number of carbonyl (C=O) groups is 1. The Bertz CT molecular complexity index is 453. The van der Waals surface area contributed by atoms with Crippen LogP contribution in [0.25, 0.3) is 0 Å². The van der Waals surface area contributed by atoms with Crippen LogP contribution in [0.15, 0.2) is 24.3 Å². The van der Waals surface area contributed by atoms with E-state index < -0.39 is 11.5 Å². The van der Waals surface area contributed by atoms with Crippen LogP contribution in [0, 0.1) is 12.3 Å². The Labute approximate surface area is 106 Å². The van der Waals surface area contributed by atoms with Gasteiger partial charge < -0.3 is 4.74 Å². The molecule has 4 heteroatoms. The summed E-state index contributed by atoms with van der Waals surface area (Å²) in [5.41, 5.74) is -0.279. The third-order valence-corrected chi connectivity index (χ3v) is 2.77. The first-order valence-electron chi connectivity index (χ1n) is 5.07. The molecule has 17 heavy (non-hydrogen) atoms. The Morgan fingerprint density at radius 3 is 2.88 bits per heavy atom. The molecule has 0 aliphatic rings. The molecule has 1 rings (SSSR count). The normalized spacial score (nSPS) is 13.5. The lowest BCUT2D eigenvalue weighted by Gasteiger charge is -2.27. The zero-order chi connectivity index (χ0) is 12.9. The van der Waals surface area contributed by atoms with Crippen LogP contribution in [-0.4, -0.2) is 19.6 Å². The van der Waals surface area contributed by atoms with Gasteiger partial charge in [-0.3, -0.25) is 5.32 Å². The Kier molecular flexibility index (Phi) is 4.56. The maximum Gasteiger partial charge on any atom is 0.330 e. The fourth-order valence-electron chi connectivity index (χ4n) is 1.52. The van der Waals surface area contributed by atoms with E-state index in [9.17, 15) is 4.79 Å². The van der Waals surface area contributed by atoms with Gasteiger partial charge in [-0.2, -0.15) is 0 Å². The van der Waals surface area contributed by atoms with Crippen LogP contribution in [0.5, 0.6) is 0 Å². The van der Waals surface area contributed by atoms with Crippen LogP contribution >= 0.6 is 11.6 Å². The van der Waals surface area contributed by atoms with E-state index in [1.165, 1.54) is 7.11 Å². The van der Waals surface area contributed by atoms with Crippen molar-refractivity contribution in [1.82, 2.24) is 5.32 Å². The molecule has 1 atom stereocenters. The van der Waals surface area contributed by atoms with E-state index in [4.69, 9.17) is 22.8 Å². The summed E-state index contributed by atoms with van der Waals surface area (Å²) < 4.78 is 4.79. The summed E-state index contributed by atoms with van der Waals surface area (Å²) >= 11 is 5.91. The van der Waals surface area contributed by atoms with Gasteiger partial charge in [0.25, 0.3) is 0 Å². The molecule has 0 fully saturated rings. The molecule has 0 heterocycles. The third-order valence-electron chi connectivity index (χ3n) is 2.54. The lowest BCUT2D eigenvalue weighted by Crippen LogP contribution is -2.47. The summed E-state index contributed by atoms with van der Waals surface area (Å²) in [7, 11) is 1.34. The van der Waals surface area contributed by atoms with Crippen molar-refractivity contribution in [3.05, 3.63) is 34.9 Å². The van der Waals surface area contributed by atoms with Crippen LogP contribution in [-0.2, 0) is 15.1 Å². The maximum absolute atomic E-state index is 11.9. The first-order chi connectivity index (χ1) is 8.04. The number of benzene rings is 1. The fraction of sp³-hybridized carbons (Fsp3) is 0.308. The molecule has 0 radical (unpaired) electrons. The number of carbonyl (C=O) groups excluding carboxylic acids is 1. The molecule has 0 aliphatic heterocycles. The average molecular weight is 252 g/mol. The van der Waals surface area contributed by atoms with Crippen LogP contribution in [0.4, 0.5) is 0 Å². The number of terminal acetylenes is 1. The van der Waals surface area contributed by atoms with Gasteiger partial charge in [-0.25, -0.2) is 4.79 Å². The molecule has 0 spiro atoms. The van der Waals surface area contributed by atoms with Gasteiger partial charge in [0.2, 0.25) is 0 Å². The van der Waals surface area contributed by atoms with E-state index in [-0.39, 0.29) is 6.54 Å². The Morgan fingerprint density at radius 1 is 1.65 bits per heavy atom. The zero-order valence-corrected chi connectivity index (χ0v) is 10.5. The predicted molar refractivity (Wildman–Crippen MR) is 67.7 cm³/mol. The summed E-state index contributed by atoms with van der Waals surface area (Å²) in [6.07, 6.45) is 5.19. The van der Waals surface area contributed by atoms with Crippen molar-refractivity contribution < 1.29 is 9.53 Å². The zero-order valence-electron chi connectivity index (χ0n) is 9.79. The van der Waals surface area contributed by atoms with Crippen molar-refractivity contribution in [2.75, 3.05) is 13.7 Å². The molecule has 0 saturated carbocycles. The monoisotopic (exact) mass is 251 g/mol. The highest BCUT2D eigenvalue weighted by molar-refractivity contribution is 6.30. The van der Waals surface area contributed by atoms with Crippen molar-refractivity contribution in [3.8, 4) is 12.3 Å². The van der Waals surface area contributed by atoms with E-state index in [1.807, 2.05) is 0 Å². The summed E-state index contributed by atoms with van der Waals surface area (Å²) in [6, 6.07) is 7.02. The molecule has 1 aromatic carbocycles. The number of ether oxygens (including phenoxy) is 1. The average Bonchev–Trinajstić information content (AvgIpc) is 2.34. The summed E-state index contributed by atoms with van der Waals surface area (Å²) in [6.45, 7) is 1.97. The molecule has 0 amide bonds. The third kappa shape index (κ3) is 3.00. The molecule has 1 unspecified atom stereocenters. The quantitative estimate of drug-likeness (QED) is 0.657.